The van der Waals surface area contributed by atoms with E-state index in [0.717, 1.165) is 0 Å². The summed E-state index contributed by atoms with van der Waals surface area (Å²) in [6.07, 6.45) is 0. The van der Waals surface area contributed by atoms with Crippen molar-refractivity contribution < 1.29 is 19.7 Å². The number of ether oxygens (including phenoxy) is 2. The lowest BCUT2D eigenvalue weighted by Gasteiger charge is -2.01. The van der Waals surface area contributed by atoms with Gasteiger partial charge in [0.15, 0.2) is 0 Å². The van der Waals surface area contributed by atoms with Gasteiger partial charge in [-0.15, -0.1) is 0 Å². The molecule has 0 aliphatic rings. The fourth-order valence-corrected chi connectivity index (χ4v) is 0.451. The molecule has 2 N–H and O–H groups in total. The number of hydrogen-bond acceptors (Lipinski definition) is 4. The molecule has 0 aliphatic heterocycles. The van der Waals surface area contributed by atoms with Crippen LogP contribution < -0.4 is 0 Å². The minimum Gasteiger partial charge on any atom is -0.394 e. The van der Waals surface area contributed by atoms with Crippen molar-refractivity contribution in [2.45, 2.75) is 0 Å². The summed E-state index contributed by atoms with van der Waals surface area (Å²) in [6.45, 7) is 1.73. The zero-order valence-electron chi connectivity index (χ0n) is 6.66. The van der Waals surface area contributed by atoms with Crippen LogP contribution in [0.5, 0.6) is 0 Å². The quantitative estimate of drug-likeness (QED) is 0.396. The first-order chi connectivity index (χ1) is 4.91. The van der Waals surface area contributed by atoms with E-state index in [1.807, 2.05) is 0 Å². The normalized spacial score (nSPS) is 9.27. The van der Waals surface area contributed by atoms with Crippen LogP contribution in [0.25, 0.3) is 0 Å². The molecule has 0 aromatic rings. The molecule has 0 saturated carbocycles. The summed E-state index contributed by atoms with van der Waals surface area (Å²) in [6, 6.07) is 0. The summed E-state index contributed by atoms with van der Waals surface area (Å²) >= 11 is 0. The van der Waals surface area contributed by atoms with Gasteiger partial charge in [0.2, 0.25) is 0 Å². The van der Waals surface area contributed by atoms with Gasteiger partial charge in [0.25, 0.3) is 0 Å². The summed E-state index contributed by atoms with van der Waals surface area (Å²) < 4.78 is 9.75. The van der Waals surface area contributed by atoms with Crippen LogP contribution in [0.4, 0.5) is 0 Å². The highest BCUT2D eigenvalue weighted by Crippen LogP contribution is 1.76. The second-order valence-corrected chi connectivity index (χ2v) is 1.67. The fraction of sp³-hybridized carbons (Fsp3) is 1.00. The Labute approximate surface area is 70.1 Å². The molecule has 5 heteroatoms. The first-order valence-corrected chi connectivity index (χ1v) is 3.29. The van der Waals surface area contributed by atoms with Crippen molar-refractivity contribution in [3.8, 4) is 0 Å². The van der Waals surface area contributed by atoms with Crippen molar-refractivity contribution in [1.82, 2.24) is 0 Å². The molecule has 70 valence electrons. The number of aliphatic hydroxyl groups is 2. The minimum atomic E-state index is 0. The van der Waals surface area contributed by atoms with E-state index in [2.05, 4.69) is 0 Å². The van der Waals surface area contributed by atoms with E-state index in [1.54, 1.807) is 0 Å². The van der Waals surface area contributed by atoms with Crippen LogP contribution in [0, 0.1) is 0 Å². The van der Waals surface area contributed by atoms with Crippen molar-refractivity contribution in [2.75, 3.05) is 39.6 Å². The molecule has 1 unspecified atom stereocenters. The summed E-state index contributed by atoms with van der Waals surface area (Å²) in [5.41, 5.74) is 0. The summed E-state index contributed by atoms with van der Waals surface area (Å²) in [5.74, 6) is 0. The van der Waals surface area contributed by atoms with Crippen molar-refractivity contribution >= 4 is 9.90 Å². The Morgan fingerprint density at radius 3 is 1.36 bits per heavy atom. The van der Waals surface area contributed by atoms with E-state index in [4.69, 9.17) is 19.7 Å². The third-order valence-corrected chi connectivity index (χ3v) is 0.843. The number of aliphatic hydroxyl groups excluding tert-OH is 2. The van der Waals surface area contributed by atoms with Crippen LogP contribution >= 0.6 is 9.90 Å². The van der Waals surface area contributed by atoms with Gasteiger partial charge in [0, 0.05) is 0 Å². The van der Waals surface area contributed by atoms with Crippen molar-refractivity contribution in [2.24, 2.45) is 0 Å². The molecule has 4 nitrogen and oxygen atoms in total. The van der Waals surface area contributed by atoms with Crippen molar-refractivity contribution in [3.63, 3.8) is 0 Å². The molecule has 11 heavy (non-hydrogen) atoms. The largest absolute Gasteiger partial charge is 0.394 e. The highest BCUT2D eigenvalue weighted by molar-refractivity contribution is 6.92. The van der Waals surface area contributed by atoms with Gasteiger partial charge >= 0.3 is 0 Å². The zero-order chi connectivity index (χ0) is 7.66. The van der Waals surface area contributed by atoms with Gasteiger partial charge in [0.05, 0.1) is 39.6 Å². The molecule has 0 heterocycles. The van der Waals surface area contributed by atoms with Crippen LogP contribution in [0.3, 0.4) is 0 Å². The maximum absolute atomic E-state index is 8.26. The SMILES string of the molecule is OCCOCCOCCO.P. The molecule has 0 bridgehead atoms. The van der Waals surface area contributed by atoms with E-state index < -0.39 is 0 Å². The Balaban J connectivity index is 0. The smallest absolute Gasteiger partial charge is 0.0701 e. The van der Waals surface area contributed by atoms with E-state index in [-0.39, 0.29) is 23.1 Å². The monoisotopic (exact) mass is 184 g/mol. The van der Waals surface area contributed by atoms with Gasteiger partial charge in [-0.25, -0.2) is 0 Å². The highest BCUT2D eigenvalue weighted by atomic mass is 31.0. The van der Waals surface area contributed by atoms with Gasteiger partial charge in [-0.2, -0.15) is 9.90 Å². The standard InChI is InChI=1S/C6H14O4.H3P/c7-1-3-9-5-6-10-4-2-8;/h7-8H,1-6H2;1H3. The van der Waals surface area contributed by atoms with Crippen LogP contribution in [-0.4, -0.2) is 49.9 Å². The molecular formula is C6H17O4P. The molecule has 0 aliphatic carbocycles. The molecule has 0 spiro atoms. The van der Waals surface area contributed by atoms with Gasteiger partial charge < -0.3 is 19.7 Å². The Kier molecular flexibility index (Phi) is 16.2. The van der Waals surface area contributed by atoms with Crippen molar-refractivity contribution in [3.05, 3.63) is 0 Å². The topological polar surface area (TPSA) is 58.9 Å². The van der Waals surface area contributed by atoms with E-state index >= 15 is 0 Å². The predicted molar refractivity (Wildman–Crippen MR) is 46.9 cm³/mol. The molecule has 1 atom stereocenters. The van der Waals surface area contributed by atoms with E-state index in [0.29, 0.717) is 26.4 Å². The molecule has 0 fully saturated rings. The lowest BCUT2D eigenvalue weighted by Crippen LogP contribution is -2.09. The maximum Gasteiger partial charge on any atom is 0.0701 e. The third-order valence-electron chi connectivity index (χ3n) is 0.843. The molecule has 0 amide bonds. The second kappa shape index (κ2) is 12.9. The third kappa shape index (κ3) is 13.3. The molecular weight excluding hydrogens is 167 g/mol. The molecule has 0 aromatic heterocycles. The van der Waals surface area contributed by atoms with Gasteiger partial charge in [-0.05, 0) is 0 Å². The Morgan fingerprint density at radius 2 is 1.09 bits per heavy atom. The van der Waals surface area contributed by atoms with Crippen molar-refractivity contribution in [1.29, 1.82) is 0 Å². The first-order valence-electron chi connectivity index (χ1n) is 3.29. The summed E-state index contributed by atoms with van der Waals surface area (Å²) in [5, 5.41) is 16.5. The maximum atomic E-state index is 8.26. The van der Waals surface area contributed by atoms with Crippen LogP contribution in [0.1, 0.15) is 0 Å². The van der Waals surface area contributed by atoms with E-state index in [1.165, 1.54) is 0 Å². The van der Waals surface area contributed by atoms with Gasteiger partial charge in [-0.1, -0.05) is 0 Å². The van der Waals surface area contributed by atoms with Crippen LogP contribution in [0.15, 0.2) is 0 Å². The lowest BCUT2D eigenvalue weighted by atomic mass is 10.7. The summed E-state index contributed by atoms with van der Waals surface area (Å²) in [7, 11) is 0. The Bertz CT molecular complexity index is 54.5. The highest BCUT2D eigenvalue weighted by Gasteiger charge is 1.86. The first kappa shape index (κ1) is 13.8. The molecule has 0 aromatic carbocycles. The van der Waals surface area contributed by atoms with Crippen LogP contribution in [-0.2, 0) is 9.47 Å². The second-order valence-electron chi connectivity index (χ2n) is 1.67. The minimum absolute atomic E-state index is 0. The average Bonchev–Trinajstić information content (AvgIpc) is 1.97. The molecule has 0 radical (unpaired) electrons. The fourth-order valence-electron chi connectivity index (χ4n) is 0.451. The Morgan fingerprint density at radius 1 is 0.727 bits per heavy atom. The zero-order valence-corrected chi connectivity index (χ0v) is 8.07. The average molecular weight is 184 g/mol. The Hall–Kier alpha value is 0.270. The van der Waals surface area contributed by atoms with Gasteiger partial charge in [-0.3, -0.25) is 0 Å². The predicted octanol–water partition coefficient (Wildman–Crippen LogP) is -0.938. The number of hydrogen-bond donors (Lipinski definition) is 2. The lowest BCUT2D eigenvalue weighted by molar-refractivity contribution is 0.0222. The molecule has 0 rings (SSSR count). The van der Waals surface area contributed by atoms with Gasteiger partial charge in [0.1, 0.15) is 0 Å². The summed E-state index contributed by atoms with van der Waals surface area (Å²) in [4.78, 5) is 0. The van der Waals surface area contributed by atoms with Crippen LogP contribution in [0.2, 0.25) is 0 Å². The molecule has 0 saturated heterocycles. The van der Waals surface area contributed by atoms with E-state index in [9.17, 15) is 0 Å². The number of rotatable bonds is 7.